The van der Waals surface area contributed by atoms with Crippen LogP contribution in [0.1, 0.15) is 25.6 Å². The van der Waals surface area contributed by atoms with Crippen LogP contribution >= 0.6 is 23.6 Å². The van der Waals surface area contributed by atoms with E-state index in [1.165, 1.54) is 11.3 Å². The van der Waals surface area contributed by atoms with E-state index in [0.29, 0.717) is 10.8 Å². The quantitative estimate of drug-likeness (QED) is 0.543. The molecule has 10 heteroatoms. The Labute approximate surface area is 131 Å². The third-order valence-corrected chi connectivity index (χ3v) is 3.07. The fourth-order valence-corrected chi connectivity index (χ4v) is 2.22. The molecule has 0 aliphatic carbocycles. The summed E-state index contributed by atoms with van der Waals surface area (Å²) in [4.78, 5) is 26.8. The number of rotatable bonds is 5. The second-order valence-corrected chi connectivity index (χ2v) is 4.87. The van der Waals surface area contributed by atoms with Gasteiger partial charge in [0.15, 0.2) is 10.2 Å². The molecule has 1 aromatic heterocycles. The van der Waals surface area contributed by atoms with Gasteiger partial charge in [-0.1, -0.05) is 0 Å². The fraction of sp³-hybridized carbons (Fsp3) is 0.455. The van der Waals surface area contributed by atoms with Crippen LogP contribution in [0.5, 0.6) is 0 Å². The van der Waals surface area contributed by atoms with Gasteiger partial charge in [0.1, 0.15) is 6.04 Å². The highest BCUT2D eigenvalue weighted by atomic mass is 32.1. The predicted molar refractivity (Wildman–Crippen MR) is 82.1 cm³/mol. The highest BCUT2D eigenvalue weighted by molar-refractivity contribution is 7.80. The number of amides is 1. The minimum Gasteiger partial charge on any atom is -0.465 e. The monoisotopic (exact) mass is 332 g/mol. The van der Waals surface area contributed by atoms with Gasteiger partial charge in [-0.25, -0.2) is 14.6 Å². The van der Waals surface area contributed by atoms with Crippen molar-refractivity contribution in [1.82, 2.24) is 10.3 Å². The Morgan fingerprint density at radius 2 is 2.10 bits per heavy atom. The number of hydrogen-bond donors (Lipinski definition) is 3. The molecule has 1 heterocycles. The molecular weight excluding hydrogens is 316 g/mol. The molecule has 1 amide bonds. The molecule has 1 rings (SSSR count). The Kier molecular flexibility index (Phi) is 6.99. The number of alkyl carbamates (subject to hydrolysis) is 1. The van der Waals surface area contributed by atoms with Gasteiger partial charge in [-0.3, -0.25) is 5.32 Å². The minimum atomic E-state index is -0.955. The summed E-state index contributed by atoms with van der Waals surface area (Å²) in [5, 5.41) is 7.05. The molecule has 8 nitrogen and oxygen atoms in total. The largest absolute Gasteiger partial charge is 0.465 e. The van der Waals surface area contributed by atoms with Crippen LogP contribution in [-0.4, -0.2) is 35.4 Å². The lowest BCUT2D eigenvalue weighted by Gasteiger charge is -2.08. The summed E-state index contributed by atoms with van der Waals surface area (Å²) in [7, 11) is 0. The number of ether oxygens (including phenoxy) is 2. The smallest absolute Gasteiger partial charge is 0.413 e. The molecular formula is C11H16N4O4S2. The number of aromatic nitrogens is 1. The number of nitrogens with zero attached hydrogens (tertiary/aromatic N) is 1. The van der Waals surface area contributed by atoms with Gasteiger partial charge in [0.2, 0.25) is 0 Å². The summed E-state index contributed by atoms with van der Waals surface area (Å²) in [6.07, 6.45) is -0.657. The van der Waals surface area contributed by atoms with E-state index in [2.05, 4.69) is 20.4 Å². The first-order valence-electron chi connectivity index (χ1n) is 6.10. The first-order valence-corrected chi connectivity index (χ1v) is 7.39. The van der Waals surface area contributed by atoms with Gasteiger partial charge in [-0.15, -0.1) is 11.3 Å². The summed E-state index contributed by atoms with van der Waals surface area (Å²) in [6, 6.07) is -0.955. The zero-order valence-corrected chi connectivity index (χ0v) is 13.2. The molecule has 0 spiro atoms. The van der Waals surface area contributed by atoms with Gasteiger partial charge < -0.3 is 20.5 Å². The zero-order valence-electron chi connectivity index (χ0n) is 11.5. The first-order chi connectivity index (χ1) is 9.97. The van der Waals surface area contributed by atoms with Crippen LogP contribution in [0.3, 0.4) is 0 Å². The molecule has 21 heavy (non-hydrogen) atoms. The lowest BCUT2D eigenvalue weighted by Crippen LogP contribution is -2.34. The maximum absolute atomic E-state index is 11.5. The molecule has 1 atom stereocenters. The summed E-state index contributed by atoms with van der Waals surface area (Å²) < 4.78 is 9.49. The van der Waals surface area contributed by atoms with E-state index >= 15 is 0 Å². The Morgan fingerprint density at radius 1 is 1.43 bits per heavy atom. The molecule has 0 aromatic carbocycles. The molecule has 1 aromatic rings. The van der Waals surface area contributed by atoms with E-state index in [1.807, 2.05) is 0 Å². The summed E-state index contributed by atoms with van der Waals surface area (Å²) in [6.45, 7) is 3.86. The van der Waals surface area contributed by atoms with Crippen LogP contribution in [0.2, 0.25) is 0 Å². The Bertz CT molecular complexity index is 520. The van der Waals surface area contributed by atoms with E-state index < -0.39 is 18.1 Å². The van der Waals surface area contributed by atoms with Gasteiger partial charge >= 0.3 is 12.1 Å². The summed E-state index contributed by atoms with van der Waals surface area (Å²) >= 11 is 6.11. The van der Waals surface area contributed by atoms with Crippen molar-refractivity contribution in [2.24, 2.45) is 5.73 Å². The van der Waals surface area contributed by atoms with Crippen LogP contribution in [0.15, 0.2) is 5.38 Å². The number of thiocarbonyl (C=S) groups is 1. The van der Waals surface area contributed by atoms with E-state index in [9.17, 15) is 9.59 Å². The van der Waals surface area contributed by atoms with Crippen molar-refractivity contribution in [2.45, 2.75) is 19.9 Å². The minimum absolute atomic E-state index is 0.0408. The number of nitrogens with two attached hydrogens (primary N) is 1. The molecule has 0 radical (unpaired) electrons. The van der Waals surface area contributed by atoms with E-state index in [-0.39, 0.29) is 18.3 Å². The van der Waals surface area contributed by atoms with Crippen molar-refractivity contribution < 1.29 is 19.1 Å². The summed E-state index contributed by atoms with van der Waals surface area (Å²) in [5.41, 5.74) is 6.07. The van der Waals surface area contributed by atoms with Crippen molar-refractivity contribution in [3.63, 3.8) is 0 Å². The standard InChI is InChI=1S/C11H16N4O4S2/c1-3-18-8(16)7(12)6-5-21-10(13-6)14-9(20)15-11(17)19-4-2/h5,7H,3-4,12H2,1-2H3,(H2,13,14,15,17,20). The average Bonchev–Trinajstić information content (AvgIpc) is 2.86. The third kappa shape index (κ3) is 5.61. The van der Waals surface area contributed by atoms with Crippen molar-refractivity contribution in [1.29, 1.82) is 0 Å². The van der Waals surface area contributed by atoms with Crippen molar-refractivity contribution in [2.75, 3.05) is 18.5 Å². The maximum atomic E-state index is 11.5. The molecule has 0 aliphatic heterocycles. The predicted octanol–water partition coefficient (Wildman–Crippen LogP) is 1.15. The fourth-order valence-electron chi connectivity index (χ4n) is 1.23. The number of esters is 1. The lowest BCUT2D eigenvalue weighted by atomic mass is 10.2. The van der Waals surface area contributed by atoms with E-state index in [4.69, 9.17) is 22.7 Å². The maximum Gasteiger partial charge on any atom is 0.413 e. The van der Waals surface area contributed by atoms with Gasteiger partial charge in [0, 0.05) is 5.38 Å². The number of carbonyl (C=O) groups excluding carboxylic acids is 2. The topological polar surface area (TPSA) is 116 Å². The molecule has 116 valence electrons. The van der Waals surface area contributed by atoms with Crippen LogP contribution < -0.4 is 16.4 Å². The van der Waals surface area contributed by atoms with E-state index in [0.717, 1.165) is 0 Å². The molecule has 0 bridgehead atoms. The Hall–Kier alpha value is -1.78. The molecule has 0 saturated carbocycles. The van der Waals surface area contributed by atoms with Crippen molar-refractivity contribution in [3.05, 3.63) is 11.1 Å². The summed E-state index contributed by atoms with van der Waals surface area (Å²) in [5.74, 6) is -0.554. The molecule has 0 saturated heterocycles. The van der Waals surface area contributed by atoms with Gasteiger partial charge in [0.05, 0.1) is 18.9 Å². The van der Waals surface area contributed by atoms with Gasteiger partial charge in [-0.2, -0.15) is 0 Å². The van der Waals surface area contributed by atoms with Crippen LogP contribution in [0.25, 0.3) is 0 Å². The number of nitrogens with one attached hydrogen (secondary N) is 2. The molecule has 0 aliphatic rings. The van der Waals surface area contributed by atoms with Crippen LogP contribution in [0.4, 0.5) is 9.93 Å². The van der Waals surface area contributed by atoms with Gasteiger partial charge in [-0.05, 0) is 26.1 Å². The molecule has 4 N–H and O–H groups in total. The van der Waals surface area contributed by atoms with Crippen molar-refractivity contribution in [3.8, 4) is 0 Å². The number of thiazole rings is 1. The van der Waals surface area contributed by atoms with Gasteiger partial charge in [0.25, 0.3) is 0 Å². The second kappa shape index (κ2) is 8.49. The highest BCUT2D eigenvalue weighted by Gasteiger charge is 2.20. The second-order valence-electron chi connectivity index (χ2n) is 3.61. The Balaban J connectivity index is 2.57. The first kappa shape index (κ1) is 17.3. The normalized spacial score (nSPS) is 11.4. The number of carbonyl (C=O) groups is 2. The van der Waals surface area contributed by atoms with Crippen molar-refractivity contribution >= 4 is 45.9 Å². The number of hydrogen-bond acceptors (Lipinski definition) is 8. The SMILES string of the molecule is CCOC(=O)NC(=S)Nc1nc(C(N)C(=O)OCC)cs1. The van der Waals surface area contributed by atoms with Crippen LogP contribution in [-0.2, 0) is 14.3 Å². The lowest BCUT2D eigenvalue weighted by molar-refractivity contribution is -0.144. The molecule has 1 unspecified atom stereocenters. The Morgan fingerprint density at radius 3 is 2.71 bits per heavy atom. The highest BCUT2D eigenvalue weighted by Crippen LogP contribution is 2.20. The van der Waals surface area contributed by atoms with E-state index in [1.54, 1.807) is 19.2 Å². The average molecular weight is 332 g/mol. The molecule has 0 fully saturated rings. The third-order valence-electron chi connectivity index (χ3n) is 2.09. The number of anilines is 1. The zero-order chi connectivity index (χ0) is 15.8. The van der Waals surface area contributed by atoms with Crippen LogP contribution in [0, 0.1) is 0 Å².